The van der Waals surface area contributed by atoms with Gasteiger partial charge in [-0.05, 0) is 72.1 Å². The number of carboxylic acid groups (broad SMARTS) is 1. The van der Waals surface area contributed by atoms with Crippen LogP contribution in [0.5, 0.6) is 11.5 Å². The van der Waals surface area contributed by atoms with E-state index in [0.29, 0.717) is 28.6 Å². The summed E-state index contributed by atoms with van der Waals surface area (Å²) in [6.07, 6.45) is 0.470. The number of para-hydroxylation sites is 1. The van der Waals surface area contributed by atoms with Crippen molar-refractivity contribution in [2.75, 3.05) is 24.0 Å². The molecule has 10 nitrogen and oxygen atoms in total. The summed E-state index contributed by atoms with van der Waals surface area (Å²) in [5.41, 5.74) is 2.87. The summed E-state index contributed by atoms with van der Waals surface area (Å²) in [6, 6.07) is 20.9. The number of ether oxygens (including phenoxy) is 2. The molecular weight excluding hydrogens is 556 g/mol. The van der Waals surface area contributed by atoms with Crippen LogP contribution in [-0.4, -0.2) is 47.4 Å². The molecule has 0 saturated carbocycles. The molecule has 2 atom stereocenters. The van der Waals surface area contributed by atoms with Crippen molar-refractivity contribution in [2.45, 2.75) is 38.6 Å². The van der Waals surface area contributed by atoms with Crippen LogP contribution in [0, 0.1) is 5.92 Å². The van der Waals surface area contributed by atoms with Gasteiger partial charge in [0.15, 0.2) is 16.6 Å². The van der Waals surface area contributed by atoms with Gasteiger partial charge in [-0.15, -0.1) is 0 Å². The molecule has 3 aromatic carbocycles. The lowest BCUT2D eigenvalue weighted by Gasteiger charge is -2.22. The fourth-order valence-electron chi connectivity index (χ4n) is 4.46. The molecule has 42 heavy (non-hydrogen) atoms. The number of carbonyl (C=O) groups is 3. The van der Waals surface area contributed by atoms with Crippen LogP contribution in [0.3, 0.4) is 0 Å². The zero-order valence-electron chi connectivity index (χ0n) is 23.4. The molecule has 1 aliphatic heterocycles. The molecule has 220 valence electrons. The zero-order valence-corrected chi connectivity index (χ0v) is 24.2. The molecule has 2 amide bonds. The maximum Gasteiger partial charge on any atom is 0.312 e. The summed E-state index contributed by atoms with van der Waals surface area (Å²) in [5.74, 6) is -1.73. The highest BCUT2D eigenvalue weighted by atomic mass is 32.1. The van der Waals surface area contributed by atoms with E-state index in [-0.39, 0.29) is 31.6 Å². The van der Waals surface area contributed by atoms with Crippen LogP contribution < -0.4 is 30.7 Å². The van der Waals surface area contributed by atoms with E-state index in [9.17, 15) is 19.5 Å². The molecule has 0 radical (unpaired) electrons. The fourth-order valence-corrected chi connectivity index (χ4v) is 4.69. The number of hydrogen-bond donors (Lipinski definition) is 5. The summed E-state index contributed by atoms with van der Waals surface area (Å²) in [4.78, 5) is 38.0. The molecule has 3 aromatic rings. The minimum atomic E-state index is -1.09. The number of benzene rings is 3. The molecule has 0 bridgehead atoms. The van der Waals surface area contributed by atoms with E-state index in [0.717, 1.165) is 16.9 Å². The standard InChI is InChI=1S/C31H34N4O6S/c1-19(2)14-25(29(37)32-17-24(30(38)39)21-10-13-26-27(16-21)41-18-40-26)35-28(36)15-20-8-11-23(12-9-20)34-31(42)33-22-6-4-3-5-7-22/h3-13,16,19,24-25H,14-15,17-18H2,1-2H3,(H,32,37)(H,35,36)(H,38,39)(H2,33,34,42)/t24-,25+/m1/s1. The first-order valence-electron chi connectivity index (χ1n) is 13.6. The van der Waals surface area contributed by atoms with Crippen molar-refractivity contribution >= 4 is 46.5 Å². The second-order valence-electron chi connectivity index (χ2n) is 10.3. The van der Waals surface area contributed by atoms with Gasteiger partial charge in [0.25, 0.3) is 0 Å². The summed E-state index contributed by atoms with van der Waals surface area (Å²) in [7, 11) is 0. The van der Waals surface area contributed by atoms with Crippen molar-refractivity contribution in [1.82, 2.24) is 10.6 Å². The van der Waals surface area contributed by atoms with Gasteiger partial charge in [0.2, 0.25) is 18.6 Å². The van der Waals surface area contributed by atoms with E-state index in [4.69, 9.17) is 21.7 Å². The molecule has 1 heterocycles. The molecule has 5 N–H and O–H groups in total. The minimum Gasteiger partial charge on any atom is -0.481 e. The van der Waals surface area contributed by atoms with Crippen molar-refractivity contribution in [1.29, 1.82) is 0 Å². The van der Waals surface area contributed by atoms with Gasteiger partial charge in [-0.3, -0.25) is 14.4 Å². The lowest BCUT2D eigenvalue weighted by molar-refractivity contribution is -0.139. The monoisotopic (exact) mass is 590 g/mol. The van der Waals surface area contributed by atoms with E-state index in [1.54, 1.807) is 18.2 Å². The predicted molar refractivity (Wildman–Crippen MR) is 164 cm³/mol. The smallest absolute Gasteiger partial charge is 0.312 e. The summed E-state index contributed by atoms with van der Waals surface area (Å²) < 4.78 is 10.6. The Hall–Kier alpha value is -4.64. The molecule has 0 fully saturated rings. The molecule has 0 aromatic heterocycles. The van der Waals surface area contributed by atoms with E-state index in [1.165, 1.54) is 0 Å². The number of anilines is 2. The lowest BCUT2D eigenvalue weighted by atomic mass is 9.98. The highest BCUT2D eigenvalue weighted by Gasteiger charge is 2.27. The summed E-state index contributed by atoms with van der Waals surface area (Å²) in [6.45, 7) is 3.82. The first kappa shape index (κ1) is 30.3. The summed E-state index contributed by atoms with van der Waals surface area (Å²) >= 11 is 5.36. The second kappa shape index (κ2) is 14.3. The predicted octanol–water partition coefficient (Wildman–Crippen LogP) is 4.28. The van der Waals surface area contributed by atoms with Gasteiger partial charge in [-0.25, -0.2) is 0 Å². The van der Waals surface area contributed by atoms with Crippen LogP contribution in [0.25, 0.3) is 0 Å². The van der Waals surface area contributed by atoms with E-state index in [1.807, 2.05) is 68.4 Å². The van der Waals surface area contributed by atoms with E-state index >= 15 is 0 Å². The van der Waals surface area contributed by atoms with Crippen molar-refractivity contribution in [3.63, 3.8) is 0 Å². The minimum absolute atomic E-state index is 0.0732. The number of fused-ring (bicyclic) bond motifs is 1. The third-order valence-electron chi connectivity index (χ3n) is 6.54. The van der Waals surface area contributed by atoms with Gasteiger partial charge in [0.1, 0.15) is 6.04 Å². The van der Waals surface area contributed by atoms with Crippen LogP contribution in [-0.2, 0) is 20.8 Å². The Kier molecular flexibility index (Phi) is 10.3. The van der Waals surface area contributed by atoms with Crippen molar-refractivity contribution in [2.24, 2.45) is 5.92 Å². The Morgan fingerprint density at radius 1 is 0.905 bits per heavy atom. The SMILES string of the molecule is CC(C)C[C@H](NC(=O)Cc1ccc(NC(=S)Nc2ccccc2)cc1)C(=O)NC[C@@H](C(=O)O)c1ccc2c(c1)OCO2. The zero-order chi connectivity index (χ0) is 30.1. The first-order valence-corrected chi connectivity index (χ1v) is 14.0. The lowest BCUT2D eigenvalue weighted by Crippen LogP contribution is -2.49. The van der Waals surface area contributed by atoms with E-state index < -0.39 is 23.8 Å². The second-order valence-corrected chi connectivity index (χ2v) is 10.7. The van der Waals surface area contributed by atoms with Crippen LogP contribution >= 0.6 is 12.2 Å². The summed E-state index contributed by atoms with van der Waals surface area (Å²) in [5, 5.41) is 22.0. The van der Waals surface area contributed by atoms with Crippen LogP contribution in [0.2, 0.25) is 0 Å². The molecule has 1 aliphatic rings. The topological polar surface area (TPSA) is 138 Å². The maximum absolute atomic E-state index is 13.1. The highest BCUT2D eigenvalue weighted by Crippen LogP contribution is 2.34. The number of aliphatic carboxylic acids is 1. The molecule has 0 aliphatic carbocycles. The Bertz CT molecular complexity index is 1410. The molecular formula is C31H34N4O6S. The fraction of sp³-hybridized carbons (Fsp3) is 0.290. The number of carboxylic acids is 1. The Balaban J connectivity index is 1.31. The van der Waals surface area contributed by atoms with Gasteiger partial charge in [0.05, 0.1) is 12.3 Å². The number of hydrogen-bond acceptors (Lipinski definition) is 6. The van der Waals surface area contributed by atoms with Crippen LogP contribution in [0.15, 0.2) is 72.8 Å². The number of rotatable bonds is 12. The van der Waals surface area contributed by atoms with Gasteiger partial charge in [-0.1, -0.05) is 50.2 Å². The molecule has 0 spiro atoms. The molecule has 4 rings (SSSR count). The largest absolute Gasteiger partial charge is 0.481 e. The van der Waals surface area contributed by atoms with Crippen LogP contribution in [0.4, 0.5) is 11.4 Å². The molecule has 11 heteroatoms. The van der Waals surface area contributed by atoms with Gasteiger partial charge >= 0.3 is 5.97 Å². The van der Waals surface area contributed by atoms with Crippen molar-refractivity contribution in [3.05, 3.63) is 83.9 Å². The number of carbonyl (C=O) groups excluding carboxylic acids is 2. The third kappa shape index (κ3) is 8.68. The normalized spacial score (nSPS) is 13.1. The Morgan fingerprint density at radius 3 is 2.24 bits per heavy atom. The third-order valence-corrected chi connectivity index (χ3v) is 6.75. The van der Waals surface area contributed by atoms with Gasteiger partial charge < -0.3 is 35.8 Å². The van der Waals surface area contributed by atoms with Crippen LogP contribution in [0.1, 0.15) is 37.3 Å². The van der Waals surface area contributed by atoms with Gasteiger partial charge in [0, 0.05) is 17.9 Å². The highest BCUT2D eigenvalue weighted by molar-refractivity contribution is 7.80. The molecule has 0 unspecified atom stereocenters. The Morgan fingerprint density at radius 2 is 1.57 bits per heavy atom. The average Bonchev–Trinajstić information content (AvgIpc) is 3.42. The quantitative estimate of drug-likeness (QED) is 0.196. The number of nitrogens with one attached hydrogen (secondary N) is 4. The number of amides is 2. The average molecular weight is 591 g/mol. The Labute approximate surface area is 249 Å². The first-order chi connectivity index (χ1) is 20.2. The van der Waals surface area contributed by atoms with Gasteiger partial charge in [-0.2, -0.15) is 0 Å². The van der Waals surface area contributed by atoms with Crippen molar-refractivity contribution < 1.29 is 29.0 Å². The molecule has 0 saturated heterocycles. The van der Waals surface area contributed by atoms with Crippen molar-refractivity contribution in [3.8, 4) is 11.5 Å². The van der Waals surface area contributed by atoms with E-state index in [2.05, 4.69) is 21.3 Å². The number of thiocarbonyl (C=S) groups is 1. The maximum atomic E-state index is 13.1.